The van der Waals surface area contributed by atoms with Gasteiger partial charge in [0, 0.05) is 0 Å². The summed E-state index contributed by atoms with van der Waals surface area (Å²) < 4.78 is 0. The second-order valence-electron chi connectivity index (χ2n) is 2.98. The average molecular weight is 254 g/mol. The molecular weight excluding hydrogens is 244 g/mol. The first-order valence-corrected chi connectivity index (χ1v) is 4.82. The van der Waals surface area contributed by atoms with Crippen LogP contribution in [0.4, 0.5) is 0 Å². The van der Waals surface area contributed by atoms with E-state index >= 15 is 0 Å². The van der Waals surface area contributed by atoms with E-state index in [-0.39, 0.29) is 17.4 Å². The van der Waals surface area contributed by atoms with Crippen molar-refractivity contribution in [2.75, 3.05) is 0 Å². The van der Waals surface area contributed by atoms with Crippen LogP contribution in [0.1, 0.15) is 11.1 Å². The Balaban J connectivity index is 0.000000284. The van der Waals surface area contributed by atoms with Crippen LogP contribution in [0.5, 0.6) is 0 Å². The first-order valence-electron chi connectivity index (χ1n) is 4.82. The Morgan fingerprint density at radius 2 is 0.882 bits per heavy atom. The van der Waals surface area contributed by atoms with Crippen molar-refractivity contribution in [3.8, 4) is 11.8 Å². The van der Waals surface area contributed by atoms with Crippen LogP contribution in [0.25, 0.3) is 0 Å². The van der Waals surface area contributed by atoms with Gasteiger partial charge in [0.1, 0.15) is 0 Å². The van der Waals surface area contributed by atoms with Crippen LogP contribution in [0.2, 0.25) is 0 Å². The minimum absolute atomic E-state index is 0. The van der Waals surface area contributed by atoms with E-state index in [1.807, 2.05) is 60.7 Å². The van der Waals surface area contributed by atoms with Crippen molar-refractivity contribution in [2.45, 2.75) is 0 Å². The molecule has 0 fully saturated rings. The third-order valence-electron chi connectivity index (χ3n) is 1.84. The van der Waals surface area contributed by atoms with Crippen molar-refractivity contribution < 1.29 is 17.4 Å². The van der Waals surface area contributed by atoms with E-state index in [1.165, 1.54) is 0 Å². The van der Waals surface area contributed by atoms with Gasteiger partial charge in [-0.25, -0.2) is 0 Å². The van der Waals surface area contributed by atoms with Gasteiger partial charge in [-0.05, 0) is 0 Å². The first kappa shape index (κ1) is 15.1. The van der Waals surface area contributed by atoms with Crippen molar-refractivity contribution in [1.82, 2.24) is 0 Å². The van der Waals surface area contributed by atoms with Crippen molar-refractivity contribution in [2.24, 2.45) is 0 Å². The molecule has 0 atom stereocenters. The van der Waals surface area contributed by atoms with E-state index in [0.29, 0.717) is 0 Å². The van der Waals surface area contributed by atoms with Crippen LogP contribution >= 0.6 is 0 Å². The molecule has 0 saturated heterocycles. The molecule has 17 heavy (non-hydrogen) atoms. The largest absolute Gasteiger partial charge is 2.00 e. The third kappa shape index (κ3) is 6.30. The maximum absolute atomic E-state index is 6.69. The Morgan fingerprint density at radius 1 is 0.588 bits per heavy atom. The standard InChI is InChI=1S/2C8H5.Cr/c2*1-2-8-6-4-3-5-7-8;/h2*3-7H;/q2*-1;+2. The van der Waals surface area contributed by atoms with Gasteiger partial charge < -0.3 is 12.8 Å². The Hall–Kier alpha value is -1.91. The Morgan fingerprint density at radius 3 is 1.06 bits per heavy atom. The Bertz CT molecular complexity index is 437. The summed E-state index contributed by atoms with van der Waals surface area (Å²) in [5.41, 5.74) is 1.65. The van der Waals surface area contributed by atoms with E-state index in [4.69, 9.17) is 12.8 Å². The zero-order chi connectivity index (χ0) is 11.6. The third-order valence-corrected chi connectivity index (χ3v) is 1.84. The molecule has 2 aromatic rings. The average Bonchev–Trinajstić information content (AvgIpc) is 2.41. The van der Waals surface area contributed by atoms with Gasteiger partial charge in [0.05, 0.1) is 0 Å². The molecule has 0 aliphatic carbocycles. The molecule has 2 aromatic carbocycles. The van der Waals surface area contributed by atoms with E-state index in [9.17, 15) is 0 Å². The molecule has 0 unspecified atom stereocenters. The van der Waals surface area contributed by atoms with Gasteiger partial charge in [0.15, 0.2) is 0 Å². The molecule has 2 rings (SSSR count). The van der Waals surface area contributed by atoms with Crippen LogP contribution in [-0.2, 0) is 17.4 Å². The predicted octanol–water partition coefficient (Wildman–Crippen LogP) is 3.25. The monoisotopic (exact) mass is 254 g/mol. The summed E-state index contributed by atoms with van der Waals surface area (Å²) in [6, 6.07) is 18.7. The van der Waals surface area contributed by atoms with Gasteiger partial charge >= 0.3 is 17.4 Å². The molecule has 0 spiro atoms. The Kier molecular flexibility index (Phi) is 8.28. The van der Waals surface area contributed by atoms with Crippen molar-refractivity contribution in [3.05, 3.63) is 84.6 Å². The minimum atomic E-state index is 0. The molecule has 0 heterocycles. The van der Waals surface area contributed by atoms with Crippen LogP contribution in [0.15, 0.2) is 60.7 Å². The number of benzene rings is 2. The summed E-state index contributed by atoms with van der Waals surface area (Å²) in [6.07, 6.45) is 13.4. The number of rotatable bonds is 0. The van der Waals surface area contributed by atoms with Crippen LogP contribution in [0, 0.1) is 24.7 Å². The van der Waals surface area contributed by atoms with Crippen LogP contribution in [0.3, 0.4) is 0 Å². The summed E-state index contributed by atoms with van der Waals surface area (Å²) in [5.74, 6) is 4.55. The van der Waals surface area contributed by atoms with Gasteiger partial charge in [-0.3, -0.25) is 11.8 Å². The summed E-state index contributed by atoms with van der Waals surface area (Å²) in [5, 5.41) is 0. The van der Waals surface area contributed by atoms with Crippen LogP contribution < -0.4 is 0 Å². The molecule has 0 bridgehead atoms. The van der Waals surface area contributed by atoms with Crippen molar-refractivity contribution in [1.29, 1.82) is 0 Å². The maximum Gasteiger partial charge on any atom is 2.00 e. The molecule has 0 aliphatic heterocycles. The quantitative estimate of drug-likeness (QED) is 0.500. The fourth-order valence-corrected chi connectivity index (χ4v) is 1.04. The zero-order valence-corrected chi connectivity index (χ0v) is 10.5. The normalized spacial score (nSPS) is 7.41. The van der Waals surface area contributed by atoms with Crippen molar-refractivity contribution >= 4 is 0 Å². The van der Waals surface area contributed by atoms with E-state index in [2.05, 4.69) is 11.8 Å². The van der Waals surface area contributed by atoms with Gasteiger partial charge in [-0.1, -0.05) is 36.4 Å². The van der Waals surface area contributed by atoms with Crippen molar-refractivity contribution in [3.63, 3.8) is 0 Å². The molecule has 0 N–H and O–H groups in total. The SMILES string of the molecule is [C-]#Cc1ccccc1.[C-]#Cc1ccccc1.[Cr+2]. The minimum Gasteiger partial charge on any atom is -0.366 e. The molecule has 1 heteroatoms. The van der Waals surface area contributed by atoms with E-state index < -0.39 is 0 Å². The molecule has 0 nitrogen and oxygen atoms in total. The summed E-state index contributed by atoms with van der Waals surface area (Å²) in [7, 11) is 0. The van der Waals surface area contributed by atoms with Crippen LogP contribution in [-0.4, -0.2) is 0 Å². The van der Waals surface area contributed by atoms with Gasteiger partial charge in [0.25, 0.3) is 0 Å². The summed E-state index contributed by atoms with van der Waals surface area (Å²) in [6.45, 7) is 0. The number of hydrogen-bond acceptors (Lipinski definition) is 0. The second-order valence-corrected chi connectivity index (χ2v) is 2.98. The molecular formula is C16H10Cr. The smallest absolute Gasteiger partial charge is 0.366 e. The van der Waals surface area contributed by atoms with Gasteiger partial charge in [-0.15, -0.1) is 35.4 Å². The molecule has 80 valence electrons. The fourth-order valence-electron chi connectivity index (χ4n) is 1.04. The molecule has 0 aromatic heterocycles. The molecule has 0 saturated carbocycles. The molecule has 0 aliphatic rings. The zero-order valence-electron chi connectivity index (χ0n) is 9.18. The Labute approximate surface area is 114 Å². The molecule has 0 radical (unpaired) electrons. The van der Waals surface area contributed by atoms with Gasteiger partial charge in [-0.2, -0.15) is 0 Å². The van der Waals surface area contributed by atoms with Gasteiger partial charge in [0.2, 0.25) is 0 Å². The fraction of sp³-hybridized carbons (Fsp3) is 0. The summed E-state index contributed by atoms with van der Waals surface area (Å²) >= 11 is 0. The second kappa shape index (κ2) is 9.33. The van der Waals surface area contributed by atoms with E-state index in [0.717, 1.165) is 11.1 Å². The maximum atomic E-state index is 6.69. The molecule has 0 amide bonds. The number of hydrogen-bond donors (Lipinski definition) is 0. The first-order chi connectivity index (χ1) is 7.86. The predicted molar refractivity (Wildman–Crippen MR) is 65.4 cm³/mol. The summed E-state index contributed by atoms with van der Waals surface area (Å²) in [4.78, 5) is 0. The topological polar surface area (TPSA) is 0 Å². The van der Waals surface area contributed by atoms with E-state index in [1.54, 1.807) is 0 Å².